The molecule has 0 spiro atoms. The van der Waals surface area contributed by atoms with Crippen LogP contribution in [0.15, 0.2) is 60.8 Å². The largest absolute Gasteiger partial charge is 0.380 e. The molecule has 2 heterocycles. The van der Waals surface area contributed by atoms with Crippen LogP contribution < -0.4 is 10.6 Å². The molecule has 1 amide bonds. The van der Waals surface area contributed by atoms with Crippen LogP contribution in [-0.2, 0) is 6.54 Å². The molecule has 7 heteroatoms. The lowest BCUT2D eigenvalue weighted by molar-refractivity contribution is 0.0953. The normalized spacial score (nSPS) is 11.0. The zero-order valence-electron chi connectivity index (χ0n) is 18.2. The molecule has 164 valence electrons. The number of pyridine rings is 1. The van der Waals surface area contributed by atoms with Crippen LogP contribution in [0.25, 0.3) is 16.7 Å². The van der Waals surface area contributed by atoms with Crippen LogP contribution in [0, 0.1) is 6.92 Å². The number of anilines is 1. The summed E-state index contributed by atoms with van der Waals surface area (Å²) in [5.74, 6) is -0.140. The number of hydrogen-bond donors (Lipinski definition) is 2. The van der Waals surface area contributed by atoms with Gasteiger partial charge in [0.1, 0.15) is 0 Å². The van der Waals surface area contributed by atoms with E-state index >= 15 is 0 Å². The van der Waals surface area contributed by atoms with Crippen molar-refractivity contribution >= 4 is 34.2 Å². The Bertz CT molecular complexity index is 1220. The third-order valence-electron chi connectivity index (χ3n) is 5.32. The van der Waals surface area contributed by atoms with E-state index in [1.54, 1.807) is 6.20 Å². The van der Waals surface area contributed by atoms with Crippen LogP contribution >= 0.6 is 11.6 Å². The second kappa shape index (κ2) is 9.83. The molecule has 0 atom stereocenters. The van der Waals surface area contributed by atoms with Crippen LogP contribution in [0.5, 0.6) is 0 Å². The average Bonchev–Trinajstić information content (AvgIpc) is 3.16. The summed E-state index contributed by atoms with van der Waals surface area (Å²) in [6.07, 6.45) is 3.58. The van der Waals surface area contributed by atoms with Crippen LogP contribution in [0.2, 0.25) is 5.02 Å². The van der Waals surface area contributed by atoms with Crippen LogP contribution in [0.4, 0.5) is 5.69 Å². The van der Waals surface area contributed by atoms with E-state index in [0.29, 0.717) is 29.3 Å². The number of fused-ring (bicyclic) bond motifs is 1. The first kappa shape index (κ1) is 21.8. The van der Waals surface area contributed by atoms with E-state index in [0.717, 1.165) is 40.9 Å². The number of aromatic nitrogens is 3. The molecule has 0 saturated carbocycles. The minimum Gasteiger partial charge on any atom is -0.380 e. The highest BCUT2D eigenvalue weighted by Crippen LogP contribution is 2.31. The van der Waals surface area contributed by atoms with Gasteiger partial charge in [0.25, 0.3) is 5.91 Å². The third kappa shape index (κ3) is 4.60. The van der Waals surface area contributed by atoms with Crippen molar-refractivity contribution < 1.29 is 4.79 Å². The van der Waals surface area contributed by atoms with Gasteiger partial charge in [-0.25, -0.2) is 9.67 Å². The van der Waals surface area contributed by atoms with Gasteiger partial charge in [-0.3, -0.25) is 4.79 Å². The molecular formula is C25H26ClN5O. The molecule has 0 bridgehead atoms. The molecule has 0 aliphatic carbocycles. The number of amides is 1. The number of carbonyl (C=O) groups excluding carboxylic acids is 1. The summed E-state index contributed by atoms with van der Waals surface area (Å²) in [6, 6.07) is 17.5. The highest BCUT2D eigenvalue weighted by Gasteiger charge is 2.21. The van der Waals surface area contributed by atoms with Crippen molar-refractivity contribution in [2.45, 2.75) is 33.2 Å². The molecule has 0 unspecified atom stereocenters. The summed E-state index contributed by atoms with van der Waals surface area (Å²) in [5, 5.41) is 12.7. The number of unbranched alkanes of at least 4 members (excludes halogenated alkanes) is 1. The minimum absolute atomic E-state index is 0.140. The van der Waals surface area contributed by atoms with Gasteiger partial charge in [0.2, 0.25) is 0 Å². The lowest BCUT2D eigenvalue weighted by atomic mass is 10.1. The fraction of sp³-hybridized carbons (Fsp3) is 0.240. The molecule has 0 aliphatic heterocycles. The van der Waals surface area contributed by atoms with Crippen molar-refractivity contribution in [2.24, 2.45) is 0 Å². The highest BCUT2D eigenvalue weighted by atomic mass is 35.5. The van der Waals surface area contributed by atoms with Crippen molar-refractivity contribution in [3.8, 4) is 5.69 Å². The zero-order chi connectivity index (χ0) is 22.5. The van der Waals surface area contributed by atoms with Gasteiger partial charge in [-0.2, -0.15) is 5.10 Å². The lowest BCUT2D eigenvalue weighted by Crippen LogP contribution is -2.25. The van der Waals surface area contributed by atoms with E-state index in [2.05, 4.69) is 22.5 Å². The predicted octanol–water partition coefficient (Wildman–Crippen LogP) is 5.52. The van der Waals surface area contributed by atoms with Gasteiger partial charge < -0.3 is 10.6 Å². The molecule has 2 N–H and O–H groups in total. The Labute approximate surface area is 192 Å². The number of rotatable bonds is 8. The van der Waals surface area contributed by atoms with E-state index in [-0.39, 0.29) is 5.91 Å². The van der Waals surface area contributed by atoms with E-state index in [1.807, 2.05) is 66.2 Å². The number of para-hydroxylation sites is 1. The molecule has 2 aromatic carbocycles. The molecule has 0 fully saturated rings. The van der Waals surface area contributed by atoms with Crippen molar-refractivity contribution in [3.63, 3.8) is 0 Å². The molecular weight excluding hydrogens is 422 g/mol. The number of nitrogens with zero attached hydrogens (tertiary/aromatic N) is 3. The SMILES string of the molecule is CCCCNC(=O)c1cnc2c(c(C)nn2-c2ccccc2)c1NCc1ccc(Cl)cc1. The summed E-state index contributed by atoms with van der Waals surface area (Å²) in [5.41, 5.74) is 4.74. The lowest BCUT2D eigenvalue weighted by Gasteiger charge is -2.14. The van der Waals surface area contributed by atoms with E-state index in [1.165, 1.54) is 0 Å². The monoisotopic (exact) mass is 447 g/mol. The molecule has 0 saturated heterocycles. The molecule has 4 aromatic rings. The van der Waals surface area contributed by atoms with Crippen molar-refractivity contribution in [3.05, 3.63) is 82.6 Å². The van der Waals surface area contributed by atoms with Gasteiger partial charge in [0, 0.05) is 24.3 Å². The summed E-state index contributed by atoms with van der Waals surface area (Å²) >= 11 is 6.02. The molecule has 4 rings (SSSR count). The Balaban J connectivity index is 1.77. The van der Waals surface area contributed by atoms with E-state index in [9.17, 15) is 4.79 Å². The summed E-state index contributed by atoms with van der Waals surface area (Å²) in [4.78, 5) is 17.6. The van der Waals surface area contributed by atoms with Gasteiger partial charge >= 0.3 is 0 Å². The maximum atomic E-state index is 13.0. The number of halogens is 1. The number of nitrogens with one attached hydrogen (secondary N) is 2. The average molecular weight is 448 g/mol. The maximum Gasteiger partial charge on any atom is 0.254 e. The summed E-state index contributed by atoms with van der Waals surface area (Å²) in [6.45, 7) is 5.21. The first-order valence-corrected chi connectivity index (χ1v) is 11.2. The van der Waals surface area contributed by atoms with Gasteiger partial charge in [-0.15, -0.1) is 0 Å². The Morgan fingerprint density at radius 1 is 1.09 bits per heavy atom. The van der Waals surface area contributed by atoms with Crippen molar-refractivity contribution in [1.82, 2.24) is 20.1 Å². The quantitative estimate of drug-likeness (QED) is 0.348. The zero-order valence-corrected chi connectivity index (χ0v) is 19.0. The molecule has 2 aromatic heterocycles. The van der Waals surface area contributed by atoms with E-state index in [4.69, 9.17) is 16.7 Å². The summed E-state index contributed by atoms with van der Waals surface area (Å²) < 4.78 is 1.82. The smallest absolute Gasteiger partial charge is 0.254 e. The predicted molar refractivity (Wildman–Crippen MR) is 130 cm³/mol. The van der Waals surface area contributed by atoms with E-state index < -0.39 is 0 Å². The number of benzene rings is 2. The summed E-state index contributed by atoms with van der Waals surface area (Å²) in [7, 11) is 0. The number of aryl methyl sites for hydroxylation is 1. The van der Waals surface area contributed by atoms with Crippen LogP contribution in [-0.4, -0.2) is 27.2 Å². The molecule has 32 heavy (non-hydrogen) atoms. The second-order valence-corrected chi connectivity index (χ2v) is 8.10. The Kier molecular flexibility index (Phi) is 6.71. The standard InChI is InChI=1S/C25H26ClN5O/c1-3-4-14-27-25(32)21-16-29-24-22(17(2)30-31(24)20-8-6-5-7-9-20)23(21)28-15-18-10-12-19(26)13-11-18/h5-13,16H,3-4,14-15H2,1-2H3,(H,27,32)(H,28,29). The first-order valence-electron chi connectivity index (χ1n) is 10.8. The fourth-order valence-corrected chi connectivity index (χ4v) is 3.75. The minimum atomic E-state index is -0.140. The molecule has 6 nitrogen and oxygen atoms in total. The maximum absolute atomic E-state index is 13.0. The fourth-order valence-electron chi connectivity index (χ4n) is 3.62. The van der Waals surface area contributed by atoms with Crippen molar-refractivity contribution in [1.29, 1.82) is 0 Å². The highest BCUT2D eigenvalue weighted by molar-refractivity contribution is 6.30. The second-order valence-electron chi connectivity index (χ2n) is 7.67. The molecule has 0 aliphatic rings. The van der Waals surface area contributed by atoms with Crippen LogP contribution in [0.1, 0.15) is 41.4 Å². The Morgan fingerprint density at radius 3 is 2.56 bits per heavy atom. The third-order valence-corrected chi connectivity index (χ3v) is 5.57. The van der Waals surface area contributed by atoms with Crippen molar-refractivity contribution in [2.75, 3.05) is 11.9 Å². The van der Waals surface area contributed by atoms with Gasteiger partial charge in [0.15, 0.2) is 5.65 Å². The topological polar surface area (TPSA) is 71.8 Å². The first-order chi connectivity index (χ1) is 15.6. The van der Waals surface area contributed by atoms with Gasteiger partial charge in [0.05, 0.1) is 28.0 Å². The van der Waals surface area contributed by atoms with Gasteiger partial charge in [-0.05, 0) is 43.2 Å². The van der Waals surface area contributed by atoms with Crippen LogP contribution in [0.3, 0.4) is 0 Å². The number of hydrogen-bond acceptors (Lipinski definition) is 4. The Hall–Kier alpha value is -3.38. The Morgan fingerprint density at radius 2 is 1.84 bits per heavy atom. The number of carbonyl (C=O) groups is 1. The molecule has 0 radical (unpaired) electrons. The van der Waals surface area contributed by atoms with Gasteiger partial charge in [-0.1, -0.05) is 55.3 Å².